The Morgan fingerprint density at radius 2 is 1.90 bits per heavy atom. The Hall–Kier alpha value is -1.54. The van der Waals surface area contributed by atoms with Gasteiger partial charge in [-0.05, 0) is 35.7 Å². The van der Waals surface area contributed by atoms with Crippen LogP contribution in [0.4, 0.5) is 0 Å². The van der Waals surface area contributed by atoms with Gasteiger partial charge in [0.1, 0.15) is 5.75 Å². The van der Waals surface area contributed by atoms with Gasteiger partial charge in [-0.2, -0.15) is 0 Å². The van der Waals surface area contributed by atoms with Gasteiger partial charge < -0.3 is 10.4 Å². The number of nitrogens with one attached hydrogen (secondary N) is 1. The predicted molar refractivity (Wildman–Crippen MR) is 90.6 cm³/mol. The third kappa shape index (κ3) is 4.21. The molecule has 1 atom stereocenters. The van der Waals surface area contributed by atoms with Crippen molar-refractivity contribution < 1.29 is 5.11 Å². The number of aromatic hydroxyl groups is 1. The first-order valence-electron chi connectivity index (χ1n) is 8.16. The normalized spacial score (nSPS) is 12.7. The number of fused-ring (bicyclic) bond motifs is 1. The first-order valence-corrected chi connectivity index (χ1v) is 8.16. The van der Waals surface area contributed by atoms with Crippen LogP contribution in [0, 0.1) is 5.92 Å². The Morgan fingerprint density at radius 1 is 1.10 bits per heavy atom. The summed E-state index contributed by atoms with van der Waals surface area (Å²) in [6.07, 6.45) is 5.08. The fraction of sp³-hybridized carbons (Fsp3) is 0.474. The summed E-state index contributed by atoms with van der Waals surface area (Å²) in [5.74, 6) is 1.13. The summed E-state index contributed by atoms with van der Waals surface area (Å²) in [6.45, 7) is 6.26. The summed E-state index contributed by atoms with van der Waals surface area (Å²) in [5, 5.41) is 16.0. The van der Waals surface area contributed by atoms with E-state index in [1.807, 2.05) is 18.2 Å². The number of rotatable bonds is 8. The van der Waals surface area contributed by atoms with Crippen molar-refractivity contribution in [2.75, 3.05) is 6.54 Å². The van der Waals surface area contributed by atoms with Crippen LogP contribution in [0.5, 0.6) is 5.75 Å². The highest BCUT2D eigenvalue weighted by Crippen LogP contribution is 2.27. The zero-order chi connectivity index (χ0) is 15.1. The van der Waals surface area contributed by atoms with E-state index in [2.05, 4.69) is 31.3 Å². The Balaban J connectivity index is 2.01. The SMILES string of the molecule is CCCCC(CC)CNCc1c(O)ccc2ccccc12. The molecule has 0 spiro atoms. The zero-order valence-corrected chi connectivity index (χ0v) is 13.2. The molecule has 0 saturated carbocycles. The first kappa shape index (κ1) is 15.8. The van der Waals surface area contributed by atoms with E-state index in [1.54, 1.807) is 6.07 Å². The Morgan fingerprint density at radius 3 is 2.67 bits per heavy atom. The molecule has 0 saturated heterocycles. The van der Waals surface area contributed by atoms with E-state index >= 15 is 0 Å². The van der Waals surface area contributed by atoms with Gasteiger partial charge in [0.05, 0.1) is 0 Å². The van der Waals surface area contributed by atoms with E-state index in [1.165, 1.54) is 31.1 Å². The van der Waals surface area contributed by atoms with Crippen molar-refractivity contribution in [3.8, 4) is 5.75 Å². The lowest BCUT2D eigenvalue weighted by Gasteiger charge is -2.16. The molecule has 0 radical (unpaired) electrons. The van der Waals surface area contributed by atoms with Crippen LogP contribution in [0.15, 0.2) is 36.4 Å². The summed E-state index contributed by atoms with van der Waals surface area (Å²) >= 11 is 0. The average molecular weight is 285 g/mol. The molecular formula is C19H27NO. The predicted octanol–water partition coefficient (Wildman–Crippen LogP) is 4.85. The Labute approximate surface area is 128 Å². The summed E-state index contributed by atoms with van der Waals surface area (Å²) in [7, 11) is 0. The van der Waals surface area contributed by atoms with Crippen molar-refractivity contribution in [1.29, 1.82) is 0 Å². The molecule has 2 heteroatoms. The molecule has 0 aromatic heterocycles. The van der Waals surface area contributed by atoms with Crippen LogP contribution >= 0.6 is 0 Å². The minimum Gasteiger partial charge on any atom is -0.508 e. The molecule has 21 heavy (non-hydrogen) atoms. The molecule has 2 aromatic rings. The highest BCUT2D eigenvalue weighted by atomic mass is 16.3. The quantitative estimate of drug-likeness (QED) is 0.726. The summed E-state index contributed by atoms with van der Waals surface area (Å²) < 4.78 is 0. The molecule has 2 nitrogen and oxygen atoms in total. The van der Waals surface area contributed by atoms with Crippen molar-refractivity contribution in [3.05, 3.63) is 42.0 Å². The molecule has 2 aromatic carbocycles. The highest BCUT2D eigenvalue weighted by molar-refractivity contribution is 5.87. The lowest BCUT2D eigenvalue weighted by molar-refractivity contribution is 0.414. The summed E-state index contributed by atoms with van der Waals surface area (Å²) in [5.41, 5.74) is 1.01. The monoisotopic (exact) mass is 285 g/mol. The third-order valence-electron chi connectivity index (χ3n) is 4.29. The molecular weight excluding hydrogens is 258 g/mol. The second-order valence-corrected chi connectivity index (χ2v) is 5.83. The van der Waals surface area contributed by atoms with E-state index in [4.69, 9.17) is 0 Å². The second-order valence-electron chi connectivity index (χ2n) is 5.83. The van der Waals surface area contributed by atoms with Crippen LogP contribution in [0.1, 0.15) is 45.1 Å². The van der Waals surface area contributed by atoms with E-state index in [9.17, 15) is 5.11 Å². The van der Waals surface area contributed by atoms with Crippen molar-refractivity contribution in [2.45, 2.75) is 46.1 Å². The number of hydrogen-bond donors (Lipinski definition) is 2. The molecule has 0 amide bonds. The van der Waals surface area contributed by atoms with Gasteiger partial charge in [-0.3, -0.25) is 0 Å². The third-order valence-corrected chi connectivity index (χ3v) is 4.29. The van der Waals surface area contributed by atoms with E-state index in [0.717, 1.165) is 30.0 Å². The lowest BCUT2D eigenvalue weighted by Crippen LogP contribution is -2.22. The average Bonchev–Trinajstić information content (AvgIpc) is 2.52. The standard InChI is InChI=1S/C19H27NO/c1-3-5-8-15(4-2)13-20-14-18-17-10-7-6-9-16(17)11-12-19(18)21/h6-7,9-12,15,20-21H,3-5,8,13-14H2,1-2H3. The maximum Gasteiger partial charge on any atom is 0.120 e. The molecule has 0 aliphatic rings. The fourth-order valence-corrected chi connectivity index (χ4v) is 2.85. The molecule has 0 heterocycles. The van der Waals surface area contributed by atoms with Crippen LogP contribution in [-0.2, 0) is 6.54 Å². The van der Waals surface area contributed by atoms with Crippen LogP contribution in [0.25, 0.3) is 10.8 Å². The minimum absolute atomic E-state index is 0.391. The van der Waals surface area contributed by atoms with Gasteiger partial charge in [0.15, 0.2) is 0 Å². The lowest BCUT2D eigenvalue weighted by atomic mass is 9.99. The van der Waals surface area contributed by atoms with Crippen molar-refractivity contribution in [1.82, 2.24) is 5.32 Å². The number of phenolic OH excluding ortho intramolecular Hbond substituents is 1. The van der Waals surface area contributed by atoms with Gasteiger partial charge in [0.2, 0.25) is 0 Å². The van der Waals surface area contributed by atoms with E-state index < -0.39 is 0 Å². The van der Waals surface area contributed by atoms with Gasteiger partial charge in [0.25, 0.3) is 0 Å². The molecule has 1 unspecified atom stereocenters. The number of benzene rings is 2. The fourth-order valence-electron chi connectivity index (χ4n) is 2.85. The number of phenols is 1. The van der Waals surface area contributed by atoms with E-state index in [0.29, 0.717) is 5.75 Å². The largest absolute Gasteiger partial charge is 0.508 e. The number of unbranched alkanes of at least 4 members (excludes halogenated alkanes) is 1. The molecule has 114 valence electrons. The van der Waals surface area contributed by atoms with Crippen LogP contribution < -0.4 is 5.32 Å². The second kappa shape index (κ2) is 8.04. The summed E-state index contributed by atoms with van der Waals surface area (Å²) in [4.78, 5) is 0. The van der Waals surface area contributed by atoms with Gasteiger partial charge in [-0.15, -0.1) is 0 Å². The number of hydrogen-bond acceptors (Lipinski definition) is 2. The van der Waals surface area contributed by atoms with Gasteiger partial charge in [0, 0.05) is 12.1 Å². The van der Waals surface area contributed by atoms with Crippen molar-refractivity contribution in [2.24, 2.45) is 5.92 Å². The molecule has 0 aliphatic heterocycles. The topological polar surface area (TPSA) is 32.3 Å². The maximum absolute atomic E-state index is 10.1. The summed E-state index contributed by atoms with van der Waals surface area (Å²) in [6, 6.07) is 12.0. The molecule has 2 N–H and O–H groups in total. The Kier molecular flexibility index (Phi) is 6.06. The van der Waals surface area contributed by atoms with Gasteiger partial charge in [-0.1, -0.05) is 63.4 Å². The zero-order valence-electron chi connectivity index (χ0n) is 13.2. The highest BCUT2D eigenvalue weighted by Gasteiger charge is 2.09. The van der Waals surface area contributed by atoms with Gasteiger partial charge in [-0.25, -0.2) is 0 Å². The van der Waals surface area contributed by atoms with E-state index in [-0.39, 0.29) is 0 Å². The first-order chi connectivity index (χ1) is 10.3. The molecule has 0 aliphatic carbocycles. The van der Waals surface area contributed by atoms with Crippen LogP contribution in [0.2, 0.25) is 0 Å². The Bertz CT molecular complexity index is 564. The minimum atomic E-state index is 0.391. The van der Waals surface area contributed by atoms with Crippen LogP contribution in [-0.4, -0.2) is 11.7 Å². The smallest absolute Gasteiger partial charge is 0.120 e. The van der Waals surface area contributed by atoms with Crippen LogP contribution in [0.3, 0.4) is 0 Å². The van der Waals surface area contributed by atoms with Crippen molar-refractivity contribution >= 4 is 10.8 Å². The molecule has 0 fully saturated rings. The molecule has 0 bridgehead atoms. The maximum atomic E-state index is 10.1. The van der Waals surface area contributed by atoms with Gasteiger partial charge >= 0.3 is 0 Å². The molecule has 2 rings (SSSR count). The van der Waals surface area contributed by atoms with Crippen molar-refractivity contribution in [3.63, 3.8) is 0 Å².